The molecule has 0 atom stereocenters. The molecule has 5 heteroatoms. The fraction of sp³-hybridized carbons (Fsp3) is 0.133. The Kier molecular flexibility index (Phi) is 3.74. The maximum Gasteiger partial charge on any atom is 0.193 e. The molecule has 0 aliphatic heterocycles. The summed E-state index contributed by atoms with van der Waals surface area (Å²) in [7, 11) is 0. The fourth-order valence-electron chi connectivity index (χ4n) is 1.95. The van der Waals surface area contributed by atoms with Crippen molar-refractivity contribution in [1.29, 1.82) is 0 Å². The summed E-state index contributed by atoms with van der Waals surface area (Å²) in [6.45, 7) is 1.35. The minimum atomic E-state index is 0.404. The molecule has 1 N–H and O–H groups in total. The second-order valence-electron chi connectivity index (χ2n) is 4.47. The first-order valence-corrected chi connectivity index (χ1v) is 6.72. The average molecular weight is 288 g/mol. The van der Waals surface area contributed by atoms with E-state index >= 15 is 0 Å². The van der Waals surface area contributed by atoms with Gasteiger partial charge in [0, 0.05) is 6.20 Å². The van der Waals surface area contributed by atoms with Gasteiger partial charge >= 0.3 is 0 Å². The van der Waals surface area contributed by atoms with E-state index in [1.54, 1.807) is 12.3 Å². The van der Waals surface area contributed by atoms with Crippen LogP contribution in [0.15, 0.2) is 59.3 Å². The largest absolute Gasteiger partial charge is 0.448 e. The van der Waals surface area contributed by atoms with Gasteiger partial charge in [-0.2, -0.15) is 5.10 Å². The van der Waals surface area contributed by atoms with Gasteiger partial charge in [-0.1, -0.05) is 30.3 Å². The summed E-state index contributed by atoms with van der Waals surface area (Å²) >= 11 is 5.73. The normalized spacial score (nSPS) is 10.7. The summed E-state index contributed by atoms with van der Waals surface area (Å²) in [4.78, 5) is 0. The van der Waals surface area contributed by atoms with Crippen molar-refractivity contribution in [2.75, 3.05) is 5.32 Å². The van der Waals surface area contributed by atoms with Crippen molar-refractivity contribution in [3.63, 3.8) is 0 Å². The zero-order valence-electron chi connectivity index (χ0n) is 10.8. The van der Waals surface area contributed by atoms with Gasteiger partial charge in [0.05, 0.1) is 25.0 Å². The van der Waals surface area contributed by atoms with Crippen molar-refractivity contribution in [3.05, 3.63) is 71.4 Å². The predicted molar refractivity (Wildman–Crippen MR) is 78.8 cm³/mol. The molecule has 0 saturated carbocycles. The monoisotopic (exact) mass is 287 g/mol. The lowest BCUT2D eigenvalue weighted by Gasteiger charge is -2.01. The van der Waals surface area contributed by atoms with E-state index in [-0.39, 0.29) is 0 Å². The predicted octanol–water partition coefficient (Wildman–Crippen LogP) is 3.79. The van der Waals surface area contributed by atoms with Gasteiger partial charge in [0.2, 0.25) is 0 Å². The molecule has 0 radical (unpaired) electrons. The number of nitrogens with zero attached hydrogens (tertiary/aromatic N) is 2. The van der Waals surface area contributed by atoms with Crippen LogP contribution < -0.4 is 5.32 Å². The molecule has 1 aromatic carbocycles. The third kappa shape index (κ3) is 3.22. The maximum atomic E-state index is 5.73. The standard InChI is InChI=1S/C15H14ClN3O/c16-15-7-6-14(20-15)9-17-13-8-18-19(11-13)10-12-4-2-1-3-5-12/h1-8,11,17H,9-10H2. The highest BCUT2D eigenvalue weighted by atomic mass is 35.5. The summed E-state index contributed by atoms with van der Waals surface area (Å²) < 4.78 is 7.18. The lowest BCUT2D eigenvalue weighted by Crippen LogP contribution is -2.00. The maximum absolute atomic E-state index is 5.73. The topological polar surface area (TPSA) is 43.0 Å². The van der Waals surface area contributed by atoms with E-state index in [9.17, 15) is 0 Å². The van der Waals surface area contributed by atoms with Crippen molar-refractivity contribution >= 4 is 17.3 Å². The quantitative estimate of drug-likeness (QED) is 0.776. The molecule has 2 aromatic heterocycles. The van der Waals surface area contributed by atoms with E-state index in [0.29, 0.717) is 11.8 Å². The van der Waals surface area contributed by atoms with Crippen LogP contribution in [0.4, 0.5) is 5.69 Å². The highest BCUT2D eigenvalue weighted by Crippen LogP contribution is 2.15. The molecule has 0 spiro atoms. The molecule has 0 amide bonds. The van der Waals surface area contributed by atoms with Crippen LogP contribution in [0.25, 0.3) is 0 Å². The zero-order valence-corrected chi connectivity index (χ0v) is 11.5. The zero-order chi connectivity index (χ0) is 13.8. The van der Waals surface area contributed by atoms with E-state index in [1.165, 1.54) is 5.56 Å². The van der Waals surface area contributed by atoms with Gasteiger partial charge in [-0.15, -0.1) is 0 Å². The molecule has 20 heavy (non-hydrogen) atoms. The lowest BCUT2D eigenvalue weighted by molar-refractivity contribution is 0.520. The number of benzene rings is 1. The van der Waals surface area contributed by atoms with Crippen LogP contribution in [-0.4, -0.2) is 9.78 Å². The van der Waals surface area contributed by atoms with Crippen LogP contribution in [0, 0.1) is 0 Å². The summed E-state index contributed by atoms with van der Waals surface area (Å²) in [5.41, 5.74) is 2.17. The Morgan fingerprint density at radius 3 is 2.75 bits per heavy atom. The summed E-state index contributed by atoms with van der Waals surface area (Å²) in [5.74, 6) is 0.797. The number of anilines is 1. The minimum absolute atomic E-state index is 0.404. The molecule has 102 valence electrons. The smallest absolute Gasteiger partial charge is 0.193 e. The van der Waals surface area contributed by atoms with Crippen LogP contribution in [-0.2, 0) is 13.1 Å². The van der Waals surface area contributed by atoms with Crippen LogP contribution >= 0.6 is 11.6 Å². The fourth-order valence-corrected chi connectivity index (χ4v) is 2.11. The number of hydrogen-bond acceptors (Lipinski definition) is 3. The second-order valence-corrected chi connectivity index (χ2v) is 4.84. The van der Waals surface area contributed by atoms with E-state index in [0.717, 1.165) is 18.0 Å². The Balaban J connectivity index is 1.59. The number of rotatable bonds is 5. The van der Waals surface area contributed by atoms with Crippen LogP contribution in [0.2, 0.25) is 5.22 Å². The van der Waals surface area contributed by atoms with E-state index in [2.05, 4.69) is 22.5 Å². The highest BCUT2D eigenvalue weighted by molar-refractivity contribution is 6.28. The third-order valence-electron chi connectivity index (χ3n) is 2.92. The number of hydrogen-bond donors (Lipinski definition) is 1. The Morgan fingerprint density at radius 2 is 2.00 bits per heavy atom. The number of furan rings is 1. The first kappa shape index (κ1) is 12.8. The Morgan fingerprint density at radius 1 is 1.15 bits per heavy atom. The molecule has 0 unspecified atom stereocenters. The Labute approximate surface area is 122 Å². The van der Waals surface area contributed by atoms with Crippen LogP contribution in [0.3, 0.4) is 0 Å². The molecule has 0 bridgehead atoms. The van der Waals surface area contributed by atoms with Gasteiger partial charge < -0.3 is 9.73 Å². The molecule has 0 saturated heterocycles. The first-order chi connectivity index (χ1) is 9.79. The van der Waals surface area contributed by atoms with Crippen molar-refractivity contribution in [2.24, 2.45) is 0 Å². The van der Waals surface area contributed by atoms with Gasteiger partial charge in [0.15, 0.2) is 5.22 Å². The number of nitrogens with one attached hydrogen (secondary N) is 1. The molecule has 0 aliphatic carbocycles. The van der Waals surface area contributed by atoms with E-state index in [1.807, 2.05) is 35.1 Å². The van der Waals surface area contributed by atoms with E-state index < -0.39 is 0 Å². The minimum Gasteiger partial charge on any atom is -0.448 e. The Bertz CT molecular complexity index is 675. The number of halogens is 1. The highest BCUT2D eigenvalue weighted by Gasteiger charge is 2.02. The average Bonchev–Trinajstić information content (AvgIpc) is 3.07. The van der Waals surface area contributed by atoms with Gasteiger partial charge in [-0.3, -0.25) is 4.68 Å². The third-order valence-corrected chi connectivity index (χ3v) is 3.12. The molecule has 3 rings (SSSR count). The molecular weight excluding hydrogens is 274 g/mol. The van der Waals surface area contributed by atoms with Crippen LogP contribution in [0.5, 0.6) is 0 Å². The van der Waals surface area contributed by atoms with Crippen LogP contribution in [0.1, 0.15) is 11.3 Å². The molecule has 2 heterocycles. The first-order valence-electron chi connectivity index (χ1n) is 6.34. The van der Waals surface area contributed by atoms with Crippen molar-refractivity contribution < 1.29 is 4.42 Å². The van der Waals surface area contributed by atoms with Crippen molar-refractivity contribution in [3.8, 4) is 0 Å². The molecule has 4 nitrogen and oxygen atoms in total. The number of aromatic nitrogens is 2. The molecule has 3 aromatic rings. The van der Waals surface area contributed by atoms with Gasteiger partial charge in [0.25, 0.3) is 0 Å². The van der Waals surface area contributed by atoms with Crippen molar-refractivity contribution in [2.45, 2.75) is 13.1 Å². The molecular formula is C15H14ClN3O. The Hall–Kier alpha value is -2.20. The summed E-state index contributed by atoms with van der Waals surface area (Å²) in [6, 6.07) is 13.8. The summed E-state index contributed by atoms with van der Waals surface area (Å²) in [5, 5.41) is 7.98. The lowest BCUT2D eigenvalue weighted by atomic mass is 10.2. The van der Waals surface area contributed by atoms with E-state index in [4.69, 9.17) is 16.0 Å². The summed E-state index contributed by atoms with van der Waals surface area (Å²) in [6.07, 6.45) is 3.77. The SMILES string of the molecule is Clc1ccc(CNc2cnn(Cc3ccccc3)c2)o1. The van der Waals surface area contributed by atoms with Gasteiger partial charge in [-0.05, 0) is 29.3 Å². The van der Waals surface area contributed by atoms with Gasteiger partial charge in [-0.25, -0.2) is 0 Å². The second kappa shape index (κ2) is 5.84. The van der Waals surface area contributed by atoms with Gasteiger partial charge in [0.1, 0.15) is 5.76 Å². The van der Waals surface area contributed by atoms with Crippen molar-refractivity contribution in [1.82, 2.24) is 9.78 Å². The molecule has 0 aliphatic rings. The molecule has 0 fully saturated rings.